The Hall–Kier alpha value is -7.81. The number of para-hydroxylation sites is 3. The molecule has 0 aliphatic heterocycles. The molecule has 12 rings (SSSR count). The molecule has 0 spiro atoms. The van der Waals surface area contributed by atoms with Gasteiger partial charge in [0.15, 0.2) is 0 Å². The molecule has 1 aliphatic rings. The van der Waals surface area contributed by atoms with Crippen LogP contribution in [0.25, 0.3) is 105 Å². The Morgan fingerprint density at radius 3 is 1.52 bits per heavy atom. The van der Waals surface area contributed by atoms with Crippen LogP contribution in [0.5, 0.6) is 0 Å². The lowest BCUT2D eigenvalue weighted by molar-refractivity contribution is 0.661. The van der Waals surface area contributed by atoms with Crippen molar-refractivity contribution >= 4 is 32.6 Å². The molecule has 1 heterocycles. The van der Waals surface area contributed by atoms with E-state index < -0.39 is 0 Å². The standard InChI is InChI=1S/C60H42N2/c1-60(2)53-31-17-16-28-45(53)49-37-51-52(38-54(49)60)58(47-30-15-13-27-44(47)40-22-8-4-9-23-40)50-36-41(59-61-55-32-18-19-33-56(55)62(59)42-24-10-5-11-25-42)34-35-48(50)57(51)46-29-14-12-26-43(46)39-20-6-3-7-21-39/h3-38H,1-2H3. The van der Waals surface area contributed by atoms with Gasteiger partial charge >= 0.3 is 0 Å². The SMILES string of the molecule is CC1(C)c2ccccc2-c2cc3c(-c4ccccc4-c4ccccc4)c4ccc(-c5nc6ccccc6n5-c5ccccc5)cc4c(-c4ccccc4-c4ccccc4)c3cc21. The fourth-order valence-electron chi connectivity index (χ4n) is 10.3. The van der Waals surface area contributed by atoms with Crippen molar-refractivity contribution in [1.29, 1.82) is 0 Å². The smallest absolute Gasteiger partial charge is 0.145 e. The number of aromatic nitrogens is 2. The van der Waals surface area contributed by atoms with E-state index in [0.29, 0.717) is 0 Å². The van der Waals surface area contributed by atoms with Crippen LogP contribution in [-0.2, 0) is 5.41 Å². The van der Waals surface area contributed by atoms with Gasteiger partial charge in [-0.05, 0) is 131 Å². The molecule has 2 nitrogen and oxygen atoms in total. The summed E-state index contributed by atoms with van der Waals surface area (Å²) >= 11 is 0. The molecule has 10 aromatic carbocycles. The predicted molar refractivity (Wildman–Crippen MR) is 261 cm³/mol. The zero-order valence-electron chi connectivity index (χ0n) is 34.7. The molecule has 62 heavy (non-hydrogen) atoms. The van der Waals surface area contributed by atoms with Crippen molar-refractivity contribution < 1.29 is 0 Å². The largest absolute Gasteiger partial charge is 0.292 e. The maximum Gasteiger partial charge on any atom is 0.145 e. The van der Waals surface area contributed by atoms with E-state index in [-0.39, 0.29) is 5.41 Å². The highest BCUT2D eigenvalue weighted by molar-refractivity contribution is 6.25. The second-order valence-electron chi connectivity index (χ2n) is 17.0. The van der Waals surface area contributed by atoms with E-state index >= 15 is 0 Å². The highest BCUT2D eigenvalue weighted by Crippen LogP contribution is 2.55. The van der Waals surface area contributed by atoms with Crippen LogP contribution in [0.1, 0.15) is 25.0 Å². The molecule has 11 aromatic rings. The van der Waals surface area contributed by atoms with E-state index in [9.17, 15) is 0 Å². The summed E-state index contributed by atoms with van der Waals surface area (Å²) in [5.41, 5.74) is 19.1. The van der Waals surface area contributed by atoms with Gasteiger partial charge in [-0.2, -0.15) is 0 Å². The number of rotatable bonds is 6. The van der Waals surface area contributed by atoms with Gasteiger partial charge in [0.25, 0.3) is 0 Å². The van der Waals surface area contributed by atoms with Gasteiger partial charge in [-0.3, -0.25) is 4.57 Å². The van der Waals surface area contributed by atoms with Gasteiger partial charge in [0.05, 0.1) is 11.0 Å². The molecule has 1 aromatic heterocycles. The first-order valence-electron chi connectivity index (χ1n) is 21.6. The minimum absolute atomic E-state index is 0.185. The van der Waals surface area contributed by atoms with E-state index in [4.69, 9.17) is 4.98 Å². The Kier molecular flexibility index (Phi) is 8.23. The second-order valence-corrected chi connectivity index (χ2v) is 17.0. The quantitative estimate of drug-likeness (QED) is 0.153. The minimum atomic E-state index is -0.185. The average molecular weight is 791 g/mol. The maximum atomic E-state index is 5.38. The summed E-state index contributed by atoms with van der Waals surface area (Å²) in [5, 5.41) is 4.88. The van der Waals surface area contributed by atoms with Gasteiger partial charge in [-0.25, -0.2) is 4.98 Å². The summed E-state index contributed by atoms with van der Waals surface area (Å²) in [6.07, 6.45) is 0. The predicted octanol–water partition coefficient (Wildman–Crippen LogP) is 16.0. The van der Waals surface area contributed by atoms with Gasteiger partial charge in [-0.15, -0.1) is 0 Å². The van der Waals surface area contributed by atoms with Crippen LogP contribution in [0.4, 0.5) is 0 Å². The molecule has 0 bridgehead atoms. The van der Waals surface area contributed by atoms with Crippen molar-refractivity contribution in [3.05, 3.63) is 230 Å². The van der Waals surface area contributed by atoms with Gasteiger partial charge in [0.2, 0.25) is 0 Å². The summed E-state index contributed by atoms with van der Waals surface area (Å²) in [5.74, 6) is 0.915. The van der Waals surface area contributed by atoms with Crippen LogP contribution < -0.4 is 0 Å². The van der Waals surface area contributed by atoms with Crippen molar-refractivity contribution in [3.8, 4) is 72.7 Å². The van der Waals surface area contributed by atoms with Crippen molar-refractivity contribution in [3.63, 3.8) is 0 Å². The molecular weight excluding hydrogens is 749 g/mol. The van der Waals surface area contributed by atoms with Crippen LogP contribution >= 0.6 is 0 Å². The van der Waals surface area contributed by atoms with Crippen LogP contribution in [0.2, 0.25) is 0 Å². The Bertz CT molecular complexity index is 3520. The molecule has 0 unspecified atom stereocenters. The molecule has 292 valence electrons. The monoisotopic (exact) mass is 790 g/mol. The van der Waals surface area contributed by atoms with Crippen LogP contribution in [0.15, 0.2) is 218 Å². The van der Waals surface area contributed by atoms with Gasteiger partial charge in [-0.1, -0.05) is 190 Å². The fraction of sp³-hybridized carbons (Fsp3) is 0.0500. The highest BCUT2D eigenvalue weighted by atomic mass is 15.1. The Balaban J connectivity index is 1.27. The fourth-order valence-corrected chi connectivity index (χ4v) is 10.3. The number of benzene rings is 10. The van der Waals surface area contributed by atoms with E-state index in [1.807, 2.05) is 0 Å². The lowest BCUT2D eigenvalue weighted by Gasteiger charge is -2.25. The van der Waals surface area contributed by atoms with E-state index in [1.165, 1.54) is 88.3 Å². The third-order valence-corrected chi connectivity index (χ3v) is 13.2. The first-order chi connectivity index (χ1) is 30.5. The Labute approximate surface area is 362 Å². The van der Waals surface area contributed by atoms with Gasteiger partial charge in [0.1, 0.15) is 5.82 Å². The first-order valence-corrected chi connectivity index (χ1v) is 21.6. The molecule has 0 saturated carbocycles. The summed E-state index contributed by atoms with van der Waals surface area (Å²) in [6.45, 7) is 4.78. The van der Waals surface area contributed by atoms with Crippen molar-refractivity contribution in [2.75, 3.05) is 0 Å². The third kappa shape index (κ3) is 5.53. The van der Waals surface area contributed by atoms with Gasteiger partial charge in [0, 0.05) is 16.7 Å². The van der Waals surface area contributed by atoms with Crippen molar-refractivity contribution in [2.24, 2.45) is 0 Å². The molecule has 0 fully saturated rings. The number of nitrogens with zero attached hydrogens (tertiary/aromatic N) is 2. The summed E-state index contributed by atoms with van der Waals surface area (Å²) < 4.78 is 2.31. The molecule has 0 radical (unpaired) electrons. The van der Waals surface area contributed by atoms with Crippen molar-refractivity contribution in [1.82, 2.24) is 9.55 Å². The van der Waals surface area contributed by atoms with Crippen LogP contribution in [0, 0.1) is 0 Å². The van der Waals surface area contributed by atoms with Crippen molar-refractivity contribution in [2.45, 2.75) is 19.3 Å². The maximum absolute atomic E-state index is 5.38. The van der Waals surface area contributed by atoms with Gasteiger partial charge < -0.3 is 0 Å². The van der Waals surface area contributed by atoms with E-state index in [0.717, 1.165) is 28.1 Å². The van der Waals surface area contributed by atoms with E-state index in [1.54, 1.807) is 0 Å². The van der Waals surface area contributed by atoms with E-state index in [2.05, 4.69) is 237 Å². The molecule has 2 heteroatoms. The Morgan fingerprint density at radius 2 is 0.855 bits per heavy atom. The average Bonchev–Trinajstić information content (AvgIpc) is 3.83. The number of imidazole rings is 1. The Morgan fingerprint density at radius 1 is 0.355 bits per heavy atom. The lowest BCUT2D eigenvalue weighted by Crippen LogP contribution is -2.14. The van der Waals surface area contributed by atoms with Crippen LogP contribution in [-0.4, -0.2) is 9.55 Å². The summed E-state index contributed by atoms with van der Waals surface area (Å²) in [6, 6.07) is 79.9. The zero-order valence-corrected chi connectivity index (χ0v) is 34.7. The lowest BCUT2D eigenvalue weighted by atomic mass is 9.78. The molecule has 0 atom stereocenters. The summed E-state index contributed by atoms with van der Waals surface area (Å²) in [7, 11) is 0. The minimum Gasteiger partial charge on any atom is -0.292 e. The molecule has 0 saturated heterocycles. The normalized spacial score (nSPS) is 12.8. The molecular formula is C60H42N2. The summed E-state index contributed by atoms with van der Waals surface area (Å²) in [4.78, 5) is 5.38. The molecule has 0 amide bonds. The molecule has 1 aliphatic carbocycles. The third-order valence-electron chi connectivity index (χ3n) is 13.2. The number of hydrogen-bond acceptors (Lipinski definition) is 1. The number of hydrogen-bond donors (Lipinski definition) is 0. The first kappa shape index (κ1) is 36.1. The highest BCUT2D eigenvalue weighted by Gasteiger charge is 2.36. The zero-order chi connectivity index (χ0) is 41.4. The van der Waals surface area contributed by atoms with Crippen LogP contribution in [0.3, 0.4) is 0 Å². The second kappa shape index (κ2) is 14.1. The number of fused-ring (bicyclic) bond motifs is 6. The molecule has 0 N–H and O–H groups in total. The topological polar surface area (TPSA) is 17.8 Å².